The number of ether oxygens (including phenoxy) is 1. The summed E-state index contributed by atoms with van der Waals surface area (Å²) in [5, 5.41) is 11.8. The van der Waals surface area contributed by atoms with E-state index in [1.165, 1.54) is 12.1 Å². The number of carbonyl (C=O) groups excluding carboxylic acids is 2. The van der Waals surface area contributed by atoms with E-state index in [0.717, 1.165) is 11.1 Å². The Labute approximate surface area is 175 Å². The Balaban J connectivity index is 1.56. The highest BCUT2D eigenvalue weighted by Crippen LogP contribution is 2.31. The lowest BCUT2D eigenvalue weighted by molar-refractivity contribution is -0.119. The van der Waals surface area contributed by atoms with Gasteiger partial charge >= 0.3 is 5.97 Å². The number of halogens is 2. The van der Waals surface area contributed by atoms with Crippen molar-refractivity contribution in [3.8, 4) is 16.9 Å². The number of nitrogens with one attached hydrogen (secondary N) is 1. The molecule has 5 nitrogen and oxygen atoms in total. The molecule has 2 N–H and O–H groups in total. The molecule has 0 fully saturated rings. The van der Waals surface area contributed by atoms with Gasteiger partial charge in [-0.05, 0) is 47.5 Å². The van der Waals surface area contributed by atoms with Gasteiger partial charge in [0.05, 0.1) is 11.3 Å². The first-order valence-corrected chi connectivity index (χ1v) is 9.70. The highest BCUT2D eigenvalue weighted by atomic mass is 32.2. The van der Waals surface area contributed by atoms with Gasteiger partial charge in [0.15, 0.2) is 6.61 Å². The third-order valence-corrected chi connectivity index (χ3v) is 4.82. The Morgan fingerprint density at radius 2 is 1.53 bits per heavy atom. The molecule has 1 amide bonds. The van der Waals surface area contributed by atoms with Crippen molar-refractivity contribution in [3.05, 3.63) is 78.4 Å². The second-order valence-corrected chi connectivity index (χ2v) is 7.16. The molecular weight excluding hydrogens is 412 g/mol. The summed E-state index contributed by atoms with van der Waals surface area (Å²) < 4.78 is 30.2. The van der Waals surface area contributed by atoms with Crippen LogP contribution in [0.1, 0.15) is 10.4 Å². The fraction of sp³-hybridized carbons (Fsp3) is 0.0909. The zero-order valence-corrected chi connectivity index (χ0v) is 16.4. The maximum atomic E-state index is 12.6. The maximum absolute atomic E-state index is 12.6. The Kier molecular flexibility index (Phi) is 7.03. The summed E-state index contributed by atoms with van der Waals surface area (Å²) in [6, 6.07) is 19.3. The van der Waals surface area contributed by atoms with Crippen LogP contribution >= 0.6 is 11.8 Å². The van der Waals surface area contributed by atoms with Gasteiger partial charge in [0, 0.05) is 4.90 Å². The largest absolute Gasteiger partial charge is 0.508 e. The average Bonchev–Trinajstić information content (AvgIpc) is 2.74. The Bertz CT molecular complexity index is 1020. The SMILES string of the molecule is O=C(COC(=O)c1ccc(-c2ccc(O)cc2)cc1)Nc1ccccc1SC(F)F. The van der Waals surface area contributed by atoms with Crippen LogP contribution in [0.4, 0.5) is 14.5 Å². The molecule has 154 valence electrons. The van der Waals surface area contributed by atoms with Gasteiger partial charge in [-0.3, -0.25) is 4.79 Å². The van der Waals surface area contributed by atoms with Crippen molar-refractivity contribution in [3.63, 3.8) is 0 Å². The quantitative estimate of drug-likeness (QED) is 0.400. The molecule has 0 aliphatic rings. The molecule has 3 aromatic carbocycles. The van der Waals surface area contributed by atoms with Crippen molar-refractivity contribution in [1.29, 1.82) is 0 Å². The number of carbonyl (C=O) groups is 2. The maximum Gasteiger partial charge on any atom is 0.338 e. The lowest BCUT2D eigenvalue weighted by atomic mass is 10.0. The van der Waals surface area contributed by atoms with Gasteiger partial charge < -0.3 is 15.2 Å². The Morgan fingerprint density at radius 3 is 2.17 bits per heavy atom. The minimum Gasteiger partial charge on any atom is -0.508 e. The van der Waals surface area contributed by atoms with Crippen molar-refractivity contribution in [1.82, 2.24) is 0 Å². The molecule has 0 atom stereocenters. The van der Waals surface area contributed by atoms with E-state index < -0.39 is 24.2 Å². The molecule has 0 unspecified atom stereocenters. The molecule has 3 rings (SSSR count). The Morgan fingerprint density at radius 1 is 0.933 bits per heavy atom. The Hall–Kier alpha value is -3.39. The zero-order chi connectivity index (χ0) is 21.5. The van der Waals surface area contributed by atoms with Crippen LogP contribution in [0.2, 0.25) is 0 Å². The van der Waals surface area contributed by atoms with Crippen molar-refractivity contribution < 1.29 is 28.2 Å². The fourth-order valence-corrected chi connectivity index (χ4v) is 3.22. The van der Waals surface area contributed by atoms with Crippen LogP contribution in [-0.2, 0) is 9.53 Å². The molecule has 0 saturated carbocycles. The summed E-state index contributed by atoms with van der Waals surface area (Å²) in [5.41, 5.74) is 2.20. The number of amides is 1. The topological polar surface area (TPSA) is 75.6 Å². The van der Waals surface area contributed by atoms with E-state index >= 15 is 0 Å². The first-order valence-electron chi connectivity index (χ1n) is 8.82. The molecule has 0 heterocycles. The highest BCUT2D eigenvalue weighted by molar-refractivity contribution is 7.99. The monoisotopic (exact) mass is 429 g/mol. The molecule has 0 aromatic heterocycles. The fourth-order valence-electron chi connectivity index (χ4n) is 2.62. The lowest BCUT2D eigenvalue weighted by Crippen LogP contribution is -2.21. The second kappa shape index (κ2) is 9.89. The molecule has 0 spiro atoms. The number of thioether (sulfide) groups is 1. The molecule has 0 bridgehead atoms. The molecule has 30 heavy (non-hydrogen) atoms. The number of anilines is 1. The number of aromatic hydroxyl groups is 1. The van der Waals surface area contributed by atoms with Gasteiger partial charge in [-0.15, -0.1) is 0 Å². The second-order valence-electron chi connectivity index (χ2n) is 6.12. The summed E-state index contributed by atoms with van der Waals surface area (Å²) >= 11 is 0.319. The number of phenols is 1. The lowest BCUT2D eigenvalue weighted by Gasteiger charge is -2.11. The van der Waals surface area contributed by atoms with Crippen LogP contribution in [0, 0.1) is 0 Å². The number of alkyl halides is 2. The molecule has 8 heteroatoms. The normalized spacial score (nSPS) is 10.6. The number of benzene rings is 3. The highest BCUT2D eigenvalue weighted by Gasteiger charge is 2.14. The third-order valence-electron chi connectivity index (χ3n) is 4.03. The number of phenolic OH excluding ortho intramolecular Hbond substituents is 1. The van der Waals surface area contributed by atoms with Crippen LogP contribution in [0.15, 0.2) is 77.7 Å². The summed E-state index contributed by atoms with van der Waals surface area (Å²) in [6.07, 6.45) is 0. The van der Waals surface area contributed by atoms with Crippen LogP contribution in [0.25, 0.3) is 11.1 Å². The van der Waals surface area contributed by atoms with Crippen LogP contribution in [0.5, 0.6) is 5.75 Å². The van der Waals surface area contributed by atoms with Crippen molar-refractivity contribution in [2.45, 2.75) is 10.7 Å². The number of hydrogen-bond acceptors (Lipinski definition) is 5. The smallest absolute Gasteiger partial charge is 0.338 e. The van der Waals surface area contributed by atoms with Crippen molar-refractivity contribution in [2.24, 2.45) is 0 Å². The van der Waals surface area contributed by atoms with Gasteiger partial charge in [-0.25, -0.2) is 4.79 Å². The molecule has 3 aromatic rings. The first-order chi connectivity index (χ1) is 14.4. The van der Waals surface area contributed by atoms with E-state index in [4.69, 9.17) is 4.74 Å². The number of esters is 1. The zero-order valence-electron chi connectivity index (χ0n) is 15.5. The van der Waals surface area contributed by atoms with E-state index in [-0.39, 0.29) is 21.9 Å². The van der Waals surface area contributed by atoms with Crippen LogP contribution in [-0.4, -0.2) is 29.3 Å². The molecular formula is C22H17F2NO4S. The van der Waals surface area contributed by atoms with Crippen molar-refractivity contribution in [2.75, 3.05) is 11.9 Å². The van der Waals surface area contributed by atoms with Gasteiger partial charge in [-0.2, -0.15) is 8.78 Å². The predicted octanol–water partition coefficient (Wildman–Crippen LogP) is 5.17. The van der Waals surface area contributed by atoms with E-state index in [0.29, 0.717) is 11.8 Å². The minimum atomic E-state index is -2.62. The third kappa shape index (κ3) is 5.81. The van der Waals surface area contributed by atoms with Gasteiger partial charge in [-0.1, -0.05) is 48.2 Å². The van der Waals surface area contributed by atoms with Gasteiger partial charge in [0.25, 0.3) is 11.7 Å². The first kappa shape index (κ1) is 21.3. The summed E-state index contributed by atoms with van der Waals surface area (Å²) in [6.45, 7) is -0.549. The molecule has 0 aliphatic carbocycles. The number of hydrogen-bond donors (Lipinski definition) is 2. The predicted molar refractivity (Wildman–Crippen MR) is 111 cm³/mol. The minimum absolute atomic E-state index is 0.160. The molecule has 0 aliphatic heterocycles. The average molecular weight is 429 g/mol. The van der Waals surface area contributed by atoms with E-state index in [1.807, 2.05) is 0 Å². The molecule has 0 saturated heterocycles. The van der Waals surface area contributed by atoms with E-state index in [9.17, 15) is 23.5 Å². The molecule has 0 radical (unpaired) electrons. The van der Waals surface area contributed by atoms with Crippen molar-refractivity contribution >= 4 is 29.3 Å². The van der Waals surface area contributed by atoms with Crippen LogP contribution < -0.4 is 5.32 Å². The summed E-state index contributed by atoms with van der Waals surface area (Å²) in [5.74, 6) is -3.78. The van der Waals surface area contributed by atoms with Gasteiger partial charge in [0.1, 0.15) is 5.75 Å². The van der Waals surface area contributed by atoms with E-state index in [2.05, 4.69) is 5.32 Å². The number of para-hydroxylation sites is 1. The summed E-state index contributed by atoms with van der Waals surface area (Å²) in [4.78, 5) is 24.4. The van der Waals surface area contributed by atoms with Crippen LogP contribution in [0.3, 0.4) is 0 Å². The van der Waals surface area contributed by atoms with Gasteiger partial charge in [0.2, 0.25) is 0 Å². The van der Waals surface area contributed by atoms with E-state index in [1.54, 1.807) is 60.7 Å². The standard InChI is InChI=1S/C22H17F2NO4S/c23-22(24)30-19-4-2-1-3-18(19)25-20(27)13-29-21(28)16-7-5-14(6-8-16)15-9-11-17(26)12-10-15/h1-12,22,26H,13H2,(H,25,27). The summed E-state index contributed by atoms with van der Waals surface area (Å²) in [7, 11) is 0. The number of rotatable bonds is 7.